The van der Waals surface area contributed by atoms with Gasteiger partial charge in [-0.15, -0.1) is 0 Å². The number of para-hydroxylation sites is 1. The van der Waals surface area contributed by atoms with Crippen molar-refractivity contribution in [2.75, 3.05) is 37.6 Å². The van der Waals surface area contributed by atoms with Crippen molar-refractivity contribution in [2.24, 2.45) is 0 Å². The molecule has 1 aliphatic heterocycles. The van der Waals surface area contributed by atoms with E-state index in [9.17, 15) is 4.79 Å². The Bertz CT molecular complexity index is 729. The van der Waals surface area contributed by atoms with Crippen molar-refractivity contribution in [3.8, 4) is 0 Å². The predicted molar refractivity (Wildman–Crippen MR) is 112 cm³/mol. The third-order valence-electron chi connectivity index (χ3n) is 5.05. The van der Waals surface area contributed by atoms with Crippen molar-refractivity contribution in [1.82, 2.24) is 10.2 Å². The number of benzene rings is 2. The zero-order valence-corrected chi connectivity index (χ0v) is 16.7. The number of hydrogen-bond donors (Lipinski definition) is 1. The quantitative estimate of drug-likeness (QED) is 0.778. The van der Waals surface area contributed by atoms with Gasteiger partial charge in [0.25, 0.3) is 0 Å². The lowest BCUT2D eigenvalue weighted by molar-refractivity contribution is -0.123. The minimum atomic E-state index is 0.0908. The molecule has 1 N–H and O–H groups in total. The van der Waals surface area contributed by atoms with E-state index in [1.807, 2.05) is 36.4 Å². The summed E-state index contributed by atoms with van der Waals surface area (Å²) in [5.41, 5.74) is 2.26. The summed E-state index contributed by atoms with van der Waals surface area (Å²) >= 11 is 6.30. The molecule has 2 aromatic carbocycles. The molecule has 0 saturated carbocycles. The number of halogens is 1. The van der Waals surface area contributed by atoms with Crippen molar-refractivity contribution in [1.29, 1.82) is 0 Å². The minimum Gasteiger partial charge on any atom is -0.368 e. The van der Waals surface area contributed by atoms with E-state index in [-0.39, 0.29) is 11.9 Å². The van der Waals surface area contributed by atoms with Crippen LogP contribution in [0.4, 0.5) is 5.69 Å². The van der Waals surface area contributed by atoms with Gasteiger partial charge in [-0.25, -0.2) is 0 Å². The molecule has 0 aromatic heterocycles. The first kappa shape index (κ1) is 19.7. The molecule has 5 heteroatoms. The van der Waals surface area contributed by atoms with Crippen LogP contribution in [-0.2, 0) is 4.79 Å². The van der Waals surface area contributed by atoms with Crippen molar-refractivity contribution in [3.63, 3.8) is 0 Å². The third kappa shape index (κ3) is 5.47. The zero-order valence-electron chi connectivity index (χ0n) is 15.9. The largest absolute Gasteiger partial charge is 0.368 e. The number of anilines is 1. The second kappa shape index (κ2) is 9.77. The fraction of sp³-hybridized carbons (Fsp3) is 0.409. The van der Waals surface area contributed by atoms with Crippen LogP contribution in [0, 0.1) is 0 Å². The Balaban J connectivity index is 1.51. The minimum absolute atomic E-state index is 0.0908. The molecule has 0 unspecified atom stereocenters. The number of rotatable bonds is 7. The highest BCUT2D eigenvalue weighted by Crippen LogP contribution is 2.26. The summed E-state index contributed by atoms with van der Waals surface area (Å²) in [5.74, 6) is 0.100. The summed E-state index contributed by atoms with van der Waals surface area (Å²) < 4.78 is 0. The molecule has 1 atom stereocenters. The van der Waals surface area contributed by atoms with Gasteiger partial charge in [-0.3, -0.25) is 9.69 Å². The molecule has 1 amide bonds. The van der Waals surface area contributed by atoms with Gasteiger partial charge in [0.15, 0.2) is 0 Å². The molecular formula is C22H28ClN3O. The van der Waals surface area contributed by atoms with E-state index in [1.54, 1.807) is 0 Å². The van der Waals surface area contributed by atoms with Gasteiger partial charge in [0.1, 0.15) is 0 Å². The van der Waals surface area contributed by atoms with Crippen LogP contribution in [0.2, 0.25) is 5.02 Å². The molecule has 0 aliphatic carbocycles. The normalized spacial score (nSPS) is 16.1. The summed E-state index contributed by atoms with van der Waals surface area (Å²) in [6.07, 6.45) is 1.99. The Labute approximate surface area is 167 Å². The van der Waals surface area contributed by atoms with Crippen LogP contribution in [0.25, 0.3) is 0 Å². The number of carbonyl (C=O) groups excluding carboxylic acids is 1. The molecule has 3 rings (SSSR count). The van der Waals surface area contributed by atoms with Crippen LogP contribution in [-0.4, -0.2) is 43.5 Å². The van der Waals surface area contributed by atoms with Gasteiger partial charge in [0.2, 0.25) is 5.91 Å². The Kier molecular flexibility index (Phi) is 7.13. The summed E-state index contributed by atoms with van der Waals surface area (Å²) in [6.45, 7) is 6.09. The highest BCUT2D eigenvalue weighted by Gasteiger charge is 2.21. The van der Waals surface area contributed by atoms with Gasteiger partial charge in [0, 0.05) is 26.2 Å². The Morgan fingerprint density at radius 1 is 1.04 bits per heavy atom. The molecule has 0 radical (unpaired) electrons. The maximum atomic E-state index is 12.6. The number of nitrogens with zero attached hydrogens (tertiary/aromatic N) is 2. The number of piperazine rings is 1. The van der Waals surface area contributed by atoms with Crippen molar-refractivity contribution in [3.05, 3.63) is 65.2 Å². The van der Waals surface area contributed by atoms with E-state index >= 15 is 0 Å². The third-order valence-corrected chi connectivity index (χ3v) is 5.37. The molecule has 1 aliphatic rings. The number of nitrogens with one attached hydrogen (secondary N) is 1. The molecule has 2 aromatic rings. The monoisotopic (exact) mass is 385 g/mol. The summed E-state index contributed by atoms with van der Waals surface area (Å²) in [6, 6.07) is 18.3. The average Bonchev–Trinajstić information content (AvgIpc) is 2.69. The lowest BCUT2D eigenvalue weighted by Crippen LogP contribution is -2.49. The van der Waals surface area contributed by atoms with Crippen molar-refractivity contribution < 1.29 is 4.79 Å². The van der Waals surface area contributed by atoms with Crippen LogP contribution >= 0.6 is 11.6 Å². The van der Waals surface area contributed by atoms with E-state index in [2.05, 4.69) is 40.2 Å². The fourth-order valence-corrected chi connectivity index (χ4v) is 3.85. The van der Waals surface area contributed by atoms with Crippen LogP contribution < -0.4 is 10.2 Å². The zero-order chi connectivity index (χ0) is 19.1. The lowest BCUT2D eigenvalue weighted by atomic mass is 10.0. The molecular weight excluding hydrogens is 358 g/mol. The van der Waals surface area contributed by atoms with Gasteiger partial charge in [0.05, 0.1) is 23.3 Å². The molecule has 0 spiro atoms. The molecule has 1 saturated heterocycles. The Hall–Kier alpha value is -2.04. The first-order valence-corrected chi connectivity index (χ1v) is 10.1. The highest BCUT2D eigenvalue weighted by atomic mass is 35.5. The molecule has 1 heterocycles. The topological polar surface area (TPSA) is 35.6 Å². The van der Waals surface area contributed by atoms with Crippen LogP contribution in [0.15, 0.2) is 54.6 Å². The van der Waals surface area contributed by atoms with Gasteiger partial charge in [-0.2, -0.15) is 0 Å². The maximum absolute atomic E-state index is 12.6. The van der Waals surface area contributed by atoms with E-state index in [4.69, 9.17) is 11.6 Å². The van der Waals surface area contributed by atoms with E-state index < -0.39 is 0 Å². The van der Waals surface area contributed by atoms with E-state index in [0.29, 0.717) is 6.54 Å². The first-order valence-electron chi connectivity index (χ1n) is 9.73. The van der Waals surface area contributed by atoms with Crippen LogP contribution in [0.3, 0.4) is 0 Å². The summed E-state index contributed by atoms with van der Waals surface area (Å²) in [7, 11) is 0. The van der Waals surface area contributed by atoms with Crippen molar-refractivity contribution >= 4 is 23.2 Å². The number of amides is 1. The maximum Gasteiger partial charge on any atom is 0.234 e. The second-order valence-electron chi connectivity index (χ2n) is 7.03. The van der Waals surface area contributed by atoms with Gasteiger partial charge >= 0.3 is 0 Å². The van der Waals surface area contributed by atoms with Crippen molar-refractivity contribution in [2.45, 2.75) is 25.8 Å². The van der Waals surface area contributed by atoms with E-state index in [0.717, 1.165) is 49.7 Å². The van der Waals surface area contributed by atoms with Gasteiger partial charge in [-0.05, 0) is 24.1 Å². The highest BCUT2D eigenvalue weighted by molar-refractivity contribution is 6.33. The standard InChI is InChI=1S/C22H28ClN3O/c1-2-8-20(18-9-4-3-5-10-18)24-22(27)17-25-13-15-26(16-14-25)21-12-7-6-11-19(21)23/h3-7,9-12,20H,2,8,13-17H2,1H3,(H,24,27)/t20-/m1/s1. The molecule has 144 valence electrons. The predicted octanol–water partition coefficient (Wildman–Crippen LogP) is 4.12. The Morgan fingerprint density at radius 3 is 2.37 bits per heavy atom. The lowest BCUT2D eigenvalue weighted by Gasteiger charge is -2.36. The van der Waals surface area contributed by atoms with Gasteiger partial charge in [-0.1, -0.05) is 67.4 Å². The Morgan fingerprint density at radius 2 is 1.70 bits per heavy atom. The van der Waals surface area contributed by atoms with E-state index in [1.165, 1.54) is 5.56 Å². The molecule has 0 bridgehead atoms. The fourth-order valence-electron chi connectivity index (χ4n) is 3.59. The number of carbonyl (C=O) groups is 1. The molecule has 27 heavy (non-hydrogen) atoms. The molecule has 1 fully saturated rings. The summed E-state index contributed by atoms with van der Waals surface area (Å²) in [5, 5.41) is 4.00. The second-order valence-corrected chi connectivity index (χ2v) is 7.44. The molecule has 4 nitrogen and oxygen atoms in total. The van der Waals surface area contributed by atoms with Gasteiger partial charge < -0.3 is 10.2 Å². The summed E-state index contributed by atoms with van der Waals surface area (Å²) in [4.78, 5) is 17.1. The SMILES string of the molecule is CCC[C@@H](NC(=O)CN1CCN(c2ccccc2Cl)CC1)c1ccccc1. The number of hydrogen-bond acceptors (Lipinski definition) is 3. The average molecular weight is 386 g/mol. The smallest absolute Gasteiger partial charge is 0.234 e. The van der Waals surface area contributed by atoms with Crippen LogP contribution in [0.5, 0.6) is 0 Å². The van der Waals surface area contributed by atoms with Crippen LogP contribution in [0.1, 0.15) is 31.4 Å². The first-order chi connectivity index (χ1) is 13.2.